The molecule has 0 aromatic rings. The molecule has 10 nitrogen and oxygen atoms in total. The summed E-state index contributed by atoms with van der Waals surface area (Å²) in [5.41, 5.74) is 11.8. The molecular weight excluding hydrogens is 198 g/mol. The Kier molecular flexibility index (Phi) is 7.75. The van der Waals surface area contributed by atoms with Crippen LogP contribution in [0.4, 0.5) is 9.59 Å². The number of hydrogen-bond donors (Lipinski definition) is 4. The number of nitrogens with one attached hydrogen (secondary N) is 2. The third-order valence-electron chi connectivity index (χ3n) is 0.442. The van der Waals surface area contributed by atoms with Crippen LogP contribution in [0.15, 0.2) is 0 Å². The lowest BCUT2D eigenvalue weighted by Crippen LogP contribution is -2.38. The minimum Gasteiger partial charge on any atom is -0.349 e. The minimum atomic E-state index is -1.11. The summed E-state index contributed by atoms with van der Waals surface area (Å²) in [6, 6.07) is -2.22. The molecule has 11 heteroatoms. The van der Waals surface area contributed by atoms with Crippen LogP contribution in [0.1, 0.15) is 0 Å². The Morgan fingerprint density at radius 2 is 1.38 bits per heavy atom. The molecule has 0 saturated carbocycles. The minimum absolute atomic E-state index is 0. The van der Waals surface area contributed by atoms with Crippen LogP contribution in [0.25, 0.3) is 0 Å². The van der Waals surface area contributed by atoms with Crippen molar-refractivity contribution in [2.24, 2.45) is 11.5 Å². The standard InChI is InChI=1S/C2H5N5O5.Mg.2H/c3-1(8)5-11-7(10)12-6-2(4)9;;;/h(H5-,3,4,5,6,8,9);;;/p+1. The SMILES string of the molecule is NC(=O)NO[N+](=O)ONC(N)=O.[MgH2]. The molecule has 0 aliphatic carbocycles. The highest BCUT2D eigenvalue weighted by Gasteiger charge is 2.15. The van der Waals surface area contributed by atoms with Gasteiger partial charge in [0.2, 0.25) is 0 Å². The van der Waals surface area contributed by atoms with E-state index in [4.69, 9.17) is 0 Å². The van der Waals surface area contributed by atoms with Gasteiger partial charge in [-0.15, -0.1) is 0 Å². The Morgan fingerprint density at radius 3 is 1.62 bits per heavy atom. The highest BCUT2D eigenvalue weighted by atomic mass is 24.3. The number of nitrogens with two attached hydrogens (primary N) is 2. The first-order valence-electron chi connectivity index (χ1n) is 2.44. The van der Waals surface area contributed by atoms with E-state index in [1.54, 1.807) is 0 Å². The number of carbonyl (C=O) groups excluding carboxylic acids is 2. The maximum Gasteiger partial charge on any atom is 0.531 e. The fraction of sp³-hybridized carbons (Fsp3) is 0. The van der Waals surface area contributed by atoms with Crippen molar-refractivity contribution in [2.45, 2.75) is 0 Å². The molecular formula is C2H8MgN5O5+. The number of nitrogens with zero attached hydrogens (tertiary/aromatic N) is 1. The van der Waals surface area contributed by atoms with Gasteiger partial charge in [-0.3, -0.25) is 0 Å². The lowest BCUT2D eigenvalue weighted by atomic mass is 11.2. The van der Waals surface area contributed by atoms with Crippen molar-refractivity contribution < 1.29 is 24.6 Å². The van der Waals surface area contributed by atoms with Crippen LogP contribution >= 0.6 is 0 Å². The van der Waals surface area contributed by atoms with E-state index in [-0.39, 0.29) is 23.1 Å². The lowest BCUT2D eigenvalue weighted by molar-refractivity contribution is -0.997. The summed E-state index contributed by atoms with van der Waals surface area (Å²) in [6.45, 7) is 0. The van der Waals surface area contributed by atoms with Crippen LogP contribution in [0.2, 0.25) is 0 Å². The predicted molar refractivity (Wildman–Crippen MR) is 39.8 cm³/mol. The van der Waals surface area contributed by atoms with E-state index in [1.807, 2.05) is 0 Å². The first kappa shape index (κ1) is 14.1. The highest BCUT2D eigenvalue weighted by molar-refractivity contribution is 5.75. The highest BCUT2D eigenvalue weighted by Crippen LogP contribution is 1.71. The van der Waals surface area contributed by atoms with Gasteiger partial charge in [0.15, 0.2) is 0 Å². The molecule has 0 spiro atoms. The summed E-state index contributed by atoms with van der Waals surface area (Å²) in [4.78, 5) is 37.4. The lowest BCUT2D eigenvalue weighted by Gasteiger charge is -1.90. The van der Waals surface area contributed by atoms with Crippen LogP contribution in [0.5, 0.6) is 0 Å². The van der Waals surface area contributed by atoms with Crippen molar-refractivity contribution in [1.29, 1.82) is 0 Å². The topological polar surface area (TPSA) is 149 Å². The second-order valence-corrected chi connectivity index (χ2v) is 1.34. The zero-order chi connectivity index (χ0) is 9.56. The zero-order valence-electron chi connectivity index (χ0n) is 5.64. The van der Waals surface area contributed by atoms with Crippen molar-refractivity contribution in [3.63, 3.8) is 0 Å². The quantitative estimate of drug-likeness (QED) is 0.283. The molecule has 0 rings (SSSR count). The van der Waals surface area contributed by atoms with Gasteiger partial charge in [-0.05, 0) is 9.88 Å². The molecule has 0 aromatic heterocycles. The van der Waals surface area contributed by atoms with Crippen molar-refractivity contribution >= 4 is 35.1 Å². The van der Waals surface area contributed by atoms with Crippen LogP contribution in [-0.2, 0) is 9.88 Å². The van der Waals surface area contributed by atoms with E-state index in [0.29, 0.717) is 0 Å². The van der Waals surface area contributed by atoms with Gasteiger partial charge in [0, 0.05) is 0 Å². The Balaban J connectivity index is 0. The third kappa shape index (κ3) is 10.5. The van der Waals surface area contributed by atoms with Crippen molar-refractivity contribution in [1.82, 2.24) is 11.0 Å². The van der Waals surface area contributed by atoms with E-state index in [9.17, 15) is 14.5 Å². The van der Waals surface area contributed by atoms with Crippen LogP contribution in [0, 0.1) is 4.91 Å². The summed E-state index contributed by atoms with van der Waals surface area (Å²) in [6.07, 6.45) is 0. The summed E-state index contributed by atoms with van der Waals surface area (Å²) in [7, 11) is 0. The van der Waals surface area contributed by atoms with Gasteiger partial charge >= 0.3 is 40.2 Å². The van der Waals surface area contributed by atoms with Gasteiger partial charge in [-0.25, -0.2) is 9.59 Å². The normalized spacial score (nSPS) is 7.38. The van der Waals surface area contributed by atoms with E-state index >= 15 is 0 Å². The fourth-order valence-electron chi connectivity index (χ4n) is 0.183. The van der Waals surface area contributed by atoms with Crippen LogP contribution in [-0.4, -0.2) is 40.2 Å². The van der Waals surface area contributed by atoms with E-state index in [1.165, 1.54) is 11.0 Å². The average Bonchev–Trinajstić information content (AvgIpc) is 1.96. The number of urea groups is 2. The molecule has 6 N–H and O–H groups in total. The predicted octanol–water partition coefficient (Wildman–Crippen LogP) is -3.12. The second kappa shape index (κ2) is 7.17. The molecule has 0 unspecified atom stereocenters. The number of rotatable bonds is 4. The molecule has 0 bridgehead atoms. The average molecular weight is 206 g/mol. The molecule has 0 fully saturated rings. The summed E-state index contributed by atoms with van der Waals surface area (Å²) in [5.74, 6) is 0. The number of amides is 4. The van der Waals surface area contributed by atoms with Gasteiger partial charge < -0.3 is 11.5 Å². The summed E-state index contributed by atoms with van der Waals surface area (Å²) >= 11 is 0. The Bertz CT molecular complexity index is 187. The smallest absolute Gasteiger partial charge is 0.349 e. The first-order chi connectivity index (χ1) is 5.52. The van der Waals surface area contributed by atoms with Gasteiger partial charge in [0.25, 0.3) is 0 Å². The Morgan fingerprint density at radius 1 is 1.08 bits per heavy atom. The maximum atomic E-state index is 10.2. The largest absolute Gasteiger partial charge is 0.531 e. The third-order valence-corrected chi connectivity index (χ3v) is 0.442. The summed E-state index contributed by atoms with van der Waals surface area (Å²) in [5, 5.41) is -0.629. The maximum absolute atomic E-state index is 10.2. The van der Waals surface area contributed by atoms with E-state index in [0.717, 1.165) is 0 Å². The van der Waals surface area contributed by atoms with E-state index in [2.05, 4.69) is 21.3 Å². The van der Waals surface area contributed by atoms with Crippen molar-refractivity contribution in [3.05, 3.63) is 4.91 Å². The Labute approximate surface area is 87.4 Å². The molecule has 0 heterocycles. The van der Waals surface area contributed by atoms with Gasteiger partial charge in [-0.2, -0.15) is 0 Å². The molecule has 4 amide bonds. The molecule has 0 saturated heterocycles. The number of hydroxylamine groups is 2. The number of carbonyl (C=O) groups is 2. The molecule has 0 radical (unpaired) electrons. The van der Waals surface area contributed by atoms with Crippen molar-refractivity contribution in [3.8, 4) is 0 Å². The number of hydrogen-bond acceptors (Lipinski definition) is 5. The molecule has 72 valence electrons. The second-order valence-electron chi connectivity index (χ2n) is 1.34. The van der Waals surface area contributed by atoms with E-state index < -0.39 is 17.1 Å². The monoisotopic (exact) mass is 206 g/mol. The molecule has 13 heavy (non-hydrogen) atoms. The van der Waals surface area contributed by atoms with Gasteiger partial charge in [0.05, 0.1) is 0 Å². The van der Waals surface area contributed by atoms with Crippen LogP contribution in [0.3, 0.4) is 0 Å². The van der Waals surface area contributed by atoms with Gasteiger partial charge in [0.1, 0.15) is 4.91 Å². The Hall–Kier alpha value is -1.49. The fourth-order valence-corrected chi connectivity index (χ4v) is 0.183. The molecule has 0 aliphatic heterocycles. The number of primary amides is 2. The molecule has 0 aromatic carbocycles. The molecule has 0 atom stereocenters. The first-order valence-corrected chi connectivity index (χ1v) is 2.44. The zero-order valence-corrected chi connectivity index (χ0v) is 5.64. The molecule has 0 aliphatic rings. The van der Waals surface area contributed by atoms with Gasteiger partial charge in [-0.1, -0.05) is 11.0 Å². The van der Waals surface area contributed by atoms with Crippen LogP contribution < -0.4 is 22.4 Å². The summed E-state index contributed by atoms with van der Waals surface area (Å²) < 4.78 is 0. The van der Waals surface area contributed by atoms with Crippen molar-refractivity contribution in [2.75, 3.05) is 0 Å².